The van der Waals surface area contributed by atoms with Crippen molar-refractivity contribution in [2.75, 3.05) is 18.3 Å². The molecule has 3 heterocycles. The summed E-state index contributed by atoms with van der Waals surface area (Å²) in [5.74, 6) is -0.684. The summed E-state index contributed by atoms with van der Waals surface area (Å²) in [6.45, 7) is 5.43. The van der Waals surface area contributed by atoms with Gasteiger partial charge in [0.05, 0.1) is 19.0 Å². The van der Waals surface area contributed by atoms with Crippen LogP contribution in [-0.4, -0.2) is 67.4 Å². The number of imidazole rings is 1. The summed E-state index contributed by atoms with van der Waals surface area (Å²) in [7, 11) is 1.36. The Morgan fingerprint density at radius 1 is 1.56 bits per heavy atom. The summed E-state index contributed by atoms with van der Waals surface area (Å²) in [6, 6.07) is 0. The molecule has 2 aromatic rings. The second kappa shape index (κ2) is 10.1. The van der Waals surface area contributed by atoms with Crippen LogP contribution in [0.15, 0.2) is 11.1 Å². The van der Waals surface area contributed by atoms with E-state index in [9.17, 15) is 14.3 Å². The summed E-state index contributed by atoms with van der Waals surface area (Å²) in [6.07, 6.45) is 0.179. The zero-order valence-electron chi connectivity index (χ0n) is 18.3. The van der Waals surface area contributed by atoms with Crippen LogP contribution < -0.4 is 17.0 Å². The van der Waals surface area contributed by atoms with Crippen LogP contribution in [0.5, 0.6) is 0 Å². The molecule has 1 fully saturated rings. The maximum Gasteiger partial charge on any atom is 0.344 e. The van der Waals surface area contributed by atoms with Crippen molar-refractivity contribution in [1.82, 2.24) is 19.5 Å². The van der Waals surface area contributed by atoms with E-state index in [1.54, 1.807) is 26.2 Å². The van der Waals surface area contributed by atoms with Gasteiger partial charge in [-0.1, -0.05) is 35.4 Å². The highest BCUT2D eigenvalue weighted by Crippen LogP contribution is 2.46. The molecule has 12 nitrogen and oxygen atoms in total. The SMILES string of the molecule is BC(C)(C)SSCO[C@@H]1C[C@H](n2cnc3c(=O)[nH]c(N)nc32)OC1COP(=O)(O)C(C)N. The lowest BCUT2D eigenvalue weighted by atomic mass is 9.91. The van der Waals surface area contributed by atoms with Gasteiger partial charge in [-0.15, -0.1) is 0 Å². The van der Waals surface area contributed by atoms with Gasteiger partial charge in [-0.2, -0.15) is 4.98 Å². The van der Waals surface area contributed by atoms with Crippen molar-refractivity contribution in [3.63, 3.8) is 0 Å². The van der Waals surface area contributed by atoms with Gasteiger partial charge in [-0.3, -0.25) is 18.9 Å². The highest BCUT2D eigenvalue weighted by atomic mass is 33.1. The van der Waals surface area contributed by atoms with E-state index in [4.69, 9.17) is 25.5 Å². The van der Waals surface area contributed by atoms with E-state index in [0.717, 1.165) is 0 Å². The Morgan fingerprint density at radius 3 is 2.94 bits per heavy atom. The average molecular weight is 506 g/mol. The molecule has 5 atom stereocenters. The molecule has 0 amide bonds. The number of fused-ring (bicyclic) bond motifs is 1. The lowest BCUT2D eigenvalue weighted by Gasteiger charge is -2.22. The molecule has 1 saturated heterocycles. The third kappa shape index (κ3) is 6.29. The van der Waals surface area contributed by atoms with Crippen LogP contribution in [0, 0.1) is 0 Å². The molecule has 1 aliphatic heterocycles. The zero-order valence-corrected chi connectivity index (χ0v) is 20.8. The maximum atomic E-state index is 12.1. The molecule has 0 saturated carbocycles. The number of hydrogen-bond donors (Lipinski definition) is 4. The highest BCUT2D eigenvalue weighted by molar-refractivity contribution is 8.77. The van der Waals surface area contributed by atoms with Crippen LogP contribution in [0.3, 0.4) is 0 Å². The van der Waals surface area contributed by atoms with E-state index in [2.05, 4.69) is 36.6 Å². The topological polar surface area (TPSA) is 181 Å². The first kappa shape index (κ1) is 25.6. The molecule has 1 aliphatic rings. The Balaban J connectivity index is 1.76. The summed E-state index contributed by atoms with van der Waals surface area (Å²) >= 11 is 0. The molecule has 0 spiro atoms. The molecule has 0 bridgehead atoms. The standard InChI is InChI=1S/C16H28BN6O6PS2/c1-8(18)30(25,26)28-5-10-9(27-7-31-32-16(2,3)17)4-11(29-10)23-6-20-12-13(23)21-15(19)22-14(12)24/h6,8-11H,4-5,7,17-18H2,1-3H3,(H,25,26)(H3,19,21,22,24)/t8?,9-,10?,11-/m1/s1. The highest BCUT2D eigenvalue weighted by Gasteiger charge is 2.40. The number of H-pyrrole nitrogens is 1. The summed E-state index contributed by atoms with van der Waals surface area (Å²) in [4.78, 5) is 32.7. The lowest BCUT2D eigenvalue weighted by molar-refractivity contribution is -0.0500. The van der Waals surface area contributed by atoms with E-state index in [0.29, 0.717) is 12.4 Å². The van der Waals surface area contributed by atoms with Gasteiger partial charge in [0.2, 0.25) is 5.95 Å². The minimum absolute atomic E-state index is 0.0383. The van der Waals surface area contributed by atoms with Gasteiger partial charge in [0, 0.05) is 6.42 Å². The Bertz CT molecular complexity index is 1050. The van der Waals surface area contributed by atoms with Crippen molar-refractivity contribution in [2.45, 2.75) is 56.1 Å². The first-order chi connectivity index (χ1) is 14.9. The third-order valence-electron chi connectivity index (χ3n) is 4.52. The molecule has 6 N–H and O–H groups in total. The van der Waals surface area contributed by atoms with Crippen molar-refractivity contribution in [3.05, 3.63) is 16.7 Å². The van der Waals surface area contributed by atoms with Crippen LogP contribution >= 0.6 is 29.2 Å². The first-order valence-corrected chi connectivity index (χ1v) is 13.9. The number of nitrogen functional groups attached to an aromatic ring is 1. The van der Waals surface area contributed by atoms with E-state index in [1.165, 1.54) is 13.3 Å². The van der Waals surface area contributed by atoms with E-state index in [-0.39, 0.29) is 28.4 Å². The molecule has 178 valence electrons. The zero-order chi connectivity index (χ0) is 23.7. The molecule has 3 unspecified atom stereocenters. The van der Waals surface area contributed by atoms with Crippen LogP contribution in [0.2, 0.25) is 0 Å². The fourth-order valence-corrected chi connectivity index (χ4v) is 5.56. The molecular formula is C16H28BN6O6PS2. The van der Waals surface area contributed by atoms with Crippen LogP contribution in [0.4, 0.5) is 5.95 Å². The van der Waals surface area contributed by atoms with Crippen molar-refractivity contribution < 1.29 is 23.5 Å². The van der Waals surface area contributed by atoms with Gasteiger partial charge in [0.25, 0.3) is 5.56 Å². The van der Waals surface area contributed by atoms with Gasteiger partial charge in [-0.05, 0) is 11.6 Å². The molecule has 0 radical (unpaired) electrons. The van der Waals surface area contributed by atoms with Crippen LogP contribution in [0.1, 0.15) is 33.4 Å². The minimum atomic E-state index is -3.99. The number of nitrogens with two attached hydrogens (primary N) is 2. The van der Waals surface area contributed by atoms with Gasteiger partial charge in [0.1, 0.15) is 31.9 Å². The fourth-order valence-electron chi connectivity index (χ4n) is 2.96. The summed E-state index contributed by atoms with van der Waals surface area (Å²) in [5.41, 5.74) is 11.2. The second-order valence-electron chi connectivity index (χ2n) is 8.38. The predicted octanol–water partition coefficient (Wildman–Crippen LogP) is 0.589. The van der Waals surface area contributed by atoms with Crippen molar-refractivity contribution in [3.8, 4) is 0 Å². The number of nitrogens with zero attached hydrogens (tertiary/aromatic N) is 3. The number of anilines is 1. The van der Waals surface area contributed by atoms with Gasteiger partial charge in [0.15, 0.2) is 11.2 Å². The summed E-state index contributed by atoms with van der Waals surface area (Å²) < 4.78 is 31.1. The molecule has 2 aromatic heterocycles. The molecule has 32 heavy (non-hydrogen) atoms. The Hall–Kier alpha value is -1.06. The number of aromatic amines is 1. The monoisotopic (exact) mass is 506 g/mol. The van der Waals surface area contributed by atoms with E-state index < -0.39 is 37.4 Å². The molecule has 0 aliphatic carbocycles. The Morgan fingerprint density at radius 2 is 2.28 bits per heavy atom. The van der Waals surface area contributed by atoms with E-state index in [1.807, 2.05) is 0 Å². The second-order valence-corrected chi connectivity index (χ2v) is 13.6. The van der Waals surface area contributed by atoms with Gasteiger partial charge >= 0.3 is 7.60 Å². The normalized spacial score (nSPS) is 24.6. The van der Waals surface area contributed by atoms with E-state index >= 15 is 0 Å². The third-order valence-corrected chi connectivity index (χ3v) is 9.06. The number of ether oxygens (including phenoxy) is 2. The lowest BCUT2D eigenvalue weighted by Crippen LogP contribution is -2.30. The van der Waals surface area contributed by atoms with Crippen LogP contribution in [-0.2, 0) is 18.6 Å². The molecular weight excluding hydrogens is 478 g/mol. The predicted molar refractivity (Wildman–Crippen MR) is 128 cm³/mol. The number of aromatic nitrogens is 4. The Labute approximate surface area is 193 Å². The molecule has 3 rings (SSSR count). The summed E-state index contributed by atoms with van der Waals surface area (Å²) in [5, 5.41) is 0. The van der Waals surface area contributed by atoms with Gasteiger partial charge < -0.3 is 30.4 Å². The maximum absolute atomic E-state index is 12.1. The van der Waals surface area contributed by atoms with Gasteiger partial charge in [-0.25, -0.2) is 4.98 Å². The number of rotatable bonds is 10. The van der Waals surface area contributed by atoms with Crippen molar-refractivity contribution >= 4 is 54.1 Å². The smallest absolute Gasteiger partial charge is 0.344 e. The quantitative estimate of drug-likeness (QED) is 0.116. The first-order valence-electron chi connectivity index (χ1n) is 9.90. The molecule has 16 heteroatoms. The Kier molecular flexibility index (Phi) is 8.04. The molecule has 0 aromatic carbocycles. The fraction of sp³-hybridized carbons (Fsp3) is 0.688. The minimum Gasteiger partial charge on any atom is -0.369 e. The number of nitrogens with one attached hydrogen (secondary N) is 1. The average Bonchev–Trinajstić information content (AvgIpc) is 3.26. The van der Waals surface area contributed by atoms with Crippen molar-refractivity contribution in [2.24, 2.45) is 5.73 Å². The van der Waals surface area contributed by atoms with Crippen molar-refractivity contribution in [1.29, 1.82) is 0 Å². The largest absolute Gasteiger partial charge is 0.369 e. The number of hydrogen-bond acceptors (Lipinski definition) is 11. The van der Waals surface area contributed by atoms with Crippen LogP contribution in [0.25, 0.3) is 11.2 Å².